The molecule has 23 heavy (non-hydrogen) atoms. The van der Waals surface area contributed by atoms with Crippen molar-refractivity contribution in [2.45, 2.75) is 5.41 Å². The smallest absolute Gasteiger partial charge is 0.111 e. The van der Waals surface area contributed by atoms with Gasteiger partial charge in [-0.15, -0.1) is 10.2 Å². The Morgan fingerprint density at radius 1 is 0.609 bits per heavy atom. The van der Waals surface area contributed by atoms with E-state index in [0.29, 0.717) is 0 Å². The fourth-order valence-electron chi connectivity index (χ4n) is 3.04. The molecule has 0 spiro atoms. The zero-order valence-corrected chi connectivity index (χ0v) is 12.2. The summed E-state index contributed by atoms with van der Waals surface area (Å²) >= 11 is 0. The van der Waals surface area contributed by atoms with Crippen molar-refractivity contribution in [1.29, 1.82) is 0 Å². The Hall–Kier alpha value is -3.28. The van der Waals surface area contributed by atoms with Crippen LogP contribution in [0.1, 0.15) is 22.5 Å². The van der Waals surface area contributed by atoms with Crippen LogP contribution in [0.25, 0.3) is 0 Å². The Morgan fingerprint density at radius 2 is 1.04 bits per heavy atom. The van der Waals surface area contributed by atoms with Gasteiger partial charge in [-0.05, 0) is 11.1 Å². The van der Waals surface area contributed by atoms with Gasteiger partial charge in [0.05, 0.1) is 0 Å². The van der Waals surface area contributed by atoms with E-state index in [1.807, 2.05) is 36.4 Å². The predicted octanol–water partition coefficient (Wildman–Crippen LogP) is 2.31. The first-order valence-electron chi connectivity index (χ1n) is 7.27. The topological polar surface area (TPSA) is 83.1 Å². The molecule has 0 fully saturated rings. The fourth-order valence-corrected chi connectivity index (χ4v) is 3.04. The number of rotatable bonds is 4. The second kappa shape index (κ2) is 5.49. The summed E-state index contributed by atoms with van der Waals surface area (Å²) in [6.07, 6.45) is 3.60. The lowest BCUT2D eigenvalue weighted by atomic mass is 9.70. The Bertz CT molecular complexity index is 778. The van der Waals surface area contributed by atoms with E-state index in [1.165, 1.54) is 0 Å². The van der Waals surface area contributed by atoms with E-state index in [9.17, 15) is 0 Å². The van der Waals surface area contributed by atoms with Crippen LogP contribution < -0.4 is 0 Å². The maximum atomic E-state index is 4.31. The Kier molecular flexibility index (Phi) is 3.20. The average Bonchev–Trinajstić information content (AvgIpc) is 3.32. The van der Waals surface area contributed by atoms with Gasteiger partial charge in [-0.3, -0.25) is 10.2 Å². The molecule has 0 bridgehead atoms. The number of nitrogens with one attached hydrogen (secondary N) is 2. The molecule has 112 valence electrons. The molecular weight excluding hydrogens is 288 g/mol. The van der Waals surface area contributed by atoms with Crippen molar-refractivity contribution < 1.29 is 0 Å². The standard InChI is InChI=1S/C17H14N6/c1-3-7-13(8-4-1)17(15-11-18-22-20-15,16-12-19-23-21-16)14-9-5-2-6-10-14/h1-12H,(H,18,20,22)(H,19,21,23). The highest BCUT2D eigenvalue weighted by atomic mass is 15.3. The molecule has 0 saturated carbocycles. The highest BCUT2D eigenvalue weighted by Crippen LogP contribution is 2.42. The van der Waals surface area contributed by atoms with Crippen molar-refractivity contribution in [3.05, 3.63) is 95.6 Å². The van der Waals surface area contributed by atoms with E-state index in [-0.39, 0.29) is 0 Å². The van der Waals surface area contributed by atoms with E-state index in [2.05, 4.69) is 55.1 Å². The van der Waals surface area contributed by atoms with Crippen LogP contribution in [0.3, 0.4) is 0 Å². The minimum absolute atomic E-state index is 0.678. The lowest BCUT2D eigenvalue weighted by Crippen LogP contribution is -2.32. The van der Waals surface area contributed by atoms with Crippen molar-refractivity contribution in [3.63, 3.8) is 0 Å². The summed E-state index contributed by atoms with van der Waals surface area (Å²) in [7, 11) is 0. The molecule has 0 aliphatic heterocycles. The molecule has 0 radical (unpaired) electrons. The minimum Gasteiger partial charge on any atom is -0.265 e. The molecule has 2 heterocycles. The van der Waals surface area contributed by atoms with Crippen LogP contribution in [0.4, 0.5) is 0 Å². The molecule has 2 aromatic carbocycles. The molecule has 0 amide bonds. The van der Waals surface area contributed by atoms with Crippen molar-refractivity contribution in [2.24, 2.45) is 0 Å². The zero-order valence-electron chi connectivity index (χ0n) is 12.2. The number of aromatic nitrogens is 6. The molecule has 0 unspecified atom stereocenters. The highest BCUT2D eigenvalue weighted by molar-refractivity contribution is 5.54. The first-order chi connectivity index (χ1) is 11.4. The maximum Gasteiger partial charge on any atom is 0.111 e. The molecule has 2 aromatic heterocycles. The quantitative estimate of drug-likeness (QED) is 0.606. The average molecular weight is 302 g/mol. The number of nitrogens with zero attached hydrogens (tertiary/aromatic N) is 4. The molecule has 6 heteroatoms. The monoisotopic (exact) mass is 302 g/mol. The van der Waals surface area contributed by atoms with E-state index in [1.54, 1.807) is 12.4 Å². The van der Waals surface area contributed by atoms with E-state index in [0.717, 1.165) is 22.5 Å². The number of hydrogen-bond acceptors (Lipinski definition) is 4. The molecule has 0 aliphatic rings. The predicted molar refractivity (Wildman–Crippen MR) is 84.6 cm³/mol. The zero-order chi connectivity index (χ0) is 15.5. The van der Waals surface area contributed by atoms with Gasteiger partial charge in [0.15, 0.2) is 0 Å². The Labute approximate surface area is 132 Å². The number of benzene rings is 2. The van der Waals surface area contributed by atoms with Crippen molar-refractivity contribution >= 4 is 0 Å². The van der Waals surface area contributed by atoms with Crippen LogP contribution in [0.5, 0.6) is 0 Å². The molecular formula is C17H14N6. The second-order valence-electron chi connectivity index (χ2n) is 5.20. The summed E-state index contributed by atoms with van der Waals surface area (Å²) in [6, 6.07) is 20.3. The lowest BCUT2D eigenvalue weighted by molar-refractivity contribution is 0.677. The second-order valence-corrected chi connectivity index (χ2v) is 5.20. The summed E-state index contributed by atoms with van der Waals surface area (Å²) in [5.41, 5.74) is 2.96. The first kappa shape index (κ1) is 13.4. The van der Waals surface area contributed by atoms with Gasteiger partial charge in [-0.25, -0.2) is 0 Å². The lowest BCUT2D eigenvalue weighted by Gasteiger charge is -2.31. The third-order valence-electron chi connectivity index (χ3n) is 4.02. The number of aromatic amines is 2. The maximum absolute atomic E-state index is 4.31. The van der Waals surface area contributed by atoms with Crippen LogP contribution in [0.2, 0.25) is 0 Å². The van der Waals surface area contributed by atoms with E-state index in [4.69, 9.17) is 0 Å². The fraction of sp³-hybridized carbons (Fsp3) is 0.0588. The summed E-state index contributed by atoms with van der Waals surface area (Å²) < 4.78 is 0. The van der Waals surface area contributed by atoms with Crippen molar-refractivity contribution in [3.8, 4) is 0 Å². The van der Waals surface area contributed by atoms with Gasteiger partial charge in [0.1, 0.15) is 16.8 Å². The third kappa shape index (κ3) is 2.03. The molecule has 0 aliphatic carbocycles. The highest BCUT2D eigenvalue weighted by Gasteiger charge is 2.42. The largest absolute Gasteiger partial charge is 0.265 e. The van der Waals surface area contributed by atoms with Crippen LogP contribution in [-0.4, -0.2) is 30.8 Å². The van der Waals surface area contributed by atoms with Gasteiger partial charge in [0, 0.05) is 12.4 Å². The molecule has 6 nitrogen and oxygen atoms in total. The number of hydrogen-bond donors (Lipinski definition) is 2. The van der Waals surface area contributed by atoms with Gasteiger partial charge in [0.25, 0.3) is 0 Å². The molecule has 0 saturated heterocycles. The molecule has 0 atom stereocenters. The van der Waals surface area contributed by atoms with Gasteiger partial charge in [-0.2, -0.15) is 0 Å². The van der Waals surface area contributed by atoms with Crippen LogP contribution in [0.15, 0.2) is 73.1 Å². The third-order valence-corrected chi connectivity index (χ3v) is 4.02. The van der Waals surface area contributed by atoms with Crippen molar-refractivity contribution in [1.82, 2.24) is 30.8 Å². The molecule has 2 N–H and O–H groups in total. The first-order valence-corrected chi connectivity index (χ1v) is 7.27. The summed E-state index contributed by atoms with van der Waals surface area (Å²) in [5.74, 6) is 0. The SMILES string of the molecule is c1ccc(C(c2ccccc2)(c2c[nH]nn2)c2c[nH]nn2)cc1. The van der Waals surface area contributed by atoms with Gasteiger partial charge >= 0.3 is 0 Å². The van der Waals surface area contributed by atoms with E-state index < -0.39 is 5.41 Å². The van der Waals surface area contributed by atoms with Crippen LogP contribution in [-0.2, 0) is 5.41 Å². The summed E-state index contributed by atoms with van der Waals surface area (Å²) in [5, 5.41) is 22.1. The van der Waals surface area contributed by atoms with E-state index >= 15 is 0 Å². The normalized spacial score (nSPS) is 11.5. The summed E-state index contributed by atoms with van der Waals surface area (Å²) in [6.45, 7) is 0. The van der Waals surface area contributed by atoms with Crippen LogP contribution >= 0.6 is 0 Å². The van der Waals surface area contributed by atoms with Gasteiger partial charge in [-0.1, -0.05) is 71.1 Å². The Morgan fingerprint density at radius 3 is 1.39 bits per heavy atom. The summed E-state index contributed by atoms with van der Waals surface area (Å²) in [4.78, 5) is 0. The molecule has 4 aromatic rings. The van der Waals surface area contributed by atoms with Gasteiger partial charge in [0.2, 0.25) is 0 Å². The molecule has 4 rings (SSSR count). The van der Waals surface area contributed by atoms with Crippen LogP contribution in [0, 0.1) is 0 Å². The van der Waals surface area contributed by atoms with Gasteiger partial charge < -0.3 is 0 Å². The van der Waals surface area contributed by atoms with Crippen molar-refractivity contribution in [2.75, 3.05) is 0 Å². The minimum atomic E-state index is -0.678. The number of H-pyrrole nitrogens is 2. The Balaban J connectivity index is 2.11.